The van der Waals surface area contributed by atoms with Crippen molar-refractivity contribution in [2.75, 3.05) is 5.32 Å². The van der Waals surface area contributed by atoms with E-state index in [9.17, 15) is 0 Å². The van der Waals surface area contributed by atoms with Crippen molar-refractivity contribution in [1.29, 1.82) is 0 Å². The van der Waals surface area contributed by atoms with Gasteiger partial charge in [0.2, 0.25) is 0 Å². The van der Waals surface area contributed by atoms with Gasteiger partial charge in [0.05, 0.1) is 5.54 Å². The largest absolute Gasteiger partial charge is 0.359 e. The second-order valence-electron chi connectivity index (χ2n) is 4.54. The number of nitrogens with zero attached hydrogens (tertiary/aromatic N) is 2. The Labute approximate surface area is 101 Å². The molecule has 1 fully saturated rings. The molecule has 0 amide bonds. The predicted octanol–water partition coefficient (Wildman–Crippen LogP) is 2.97. The normalized spacial score (nSPS) is 17.2. The number of hydrogen-bond acceptors (Lipinski definition) is 3. The van der Waals surface area contributed by atoms with Crippen molar-refractivity contribution in [2.45, 2.75) is 24.8 Å². The summed E-state index contributed by atoms with van der Waals surface area (Å²) < 4.78 is 0. The number of anilines is 1. The summed E-state index contributed by atoms with van der Waals surface area (Å²) in [5.74, 6) is 0.857. The minimum Gasteiger partial charge on any atom is -0.359 e. The minimum atomic E-state index is 0.0668. The molecule has 1 aromatic carbocycles. The summed E-state index contributed by atoms with van der Waals surface area (Å²) in [6.07, 6.45) is 5.28. The number of aromatic nitrogens is 2. The Balaban J connectivity index is 1.89. The summed E-state index contributed by atoms with van der Waals surface area (Å²) in [4.78, 5) is 0. The van der Waals surface area contributed by atoms with Gasteiger partial charge in [-0.15, -0.1) is 5.10 Å². The van der Waals surface area contributed by atoms with Crippen molar-refractivity contribution in [3.63, 3.8) is 0 Å². The Morgan fingerprint density at radius 1 is 1.00 bits per heavy atom. The Kier molecular flexibility index (Phi) is 2.52. The van der Waals surface area contributed by atoms with Gasteiger partial charge in [-0.3, -0.25) is 0 Å². The first-order valence-electron chi connectivity index (χ1n) is 6.00. The van der Waals surface area contributed by atoms with E-state index in [2.05, 4.69) is 45.8 Å². The highest BCUT2D eigenvalue weighted by Gasteiger charge is 2.38. The van der Waals surface area contributed by atoms with Crippen LogP contribution in [0.4, 0.5) is 5.82 Å². The van der Waals surface area contributed by atoms with E-state index < -0.39 is 0 Å². The summed E-state index contributed by atoms with van der Waals surface area (Å²) in [5, 5.41) is 11.6. The quantitative estimate of drug-likeness (QED) is 0.872. The van der Waals surface area contributed by atoms with Crippen LogP contribution in [0.2, 0.25) is 0 Å². The molecule has 1 aliphatic carbocycles. The van der Waals surface area contributed by atoms with Gasteiger partial charge in [0.15, 0.2) is 0 Å². The first-order chi connectivity index (χ1) is 8.39. The van der Waals surface area contributed by atoms with Gasteiger partial charge >= 0.3 is 0 Å². The molecule has 86 valence electrons. The lowest BCUT2D eigenvalue weighted by atomic mass is 9.72. The van der Waals surface area contributed by atoms with Crippen molar-refractivity contribution in [2.24, 2.45) is 0 Å². The third-order valence-electron chi connectivity index (χ3n) is 3.47. The Morgan fingerprint density at radius 2 is 1.82 bits per heavy atom. The Bertz CT molecular complexity index is 477. The van der Waals surface area contributed by atoms with E-state index in [4.69, 9.17) is 0 Å². The molecule has 17 heavy (non-hydrogen) atoms. The van der Waals surface area contributed by atoms with Crippen LogP contribution in [0.25, 0.3) is 0 Å². The maximum Gasteiger partial charge on any atom is 0.149 e. The van der Waals surface area contributed by atoms with Gasteiger partial charge in [0.25, 0.3) is 0 Å². The highest BCUT2D eigenvalue weighted by atomic mass is 15.2. The van der Waals surface area contributed by atoms with Gasteiger partial charge < -0.3 is 5.32 Å². The fourth-order valence-electron chi connectivity index (χ4n) is 2.39. The van der Waals surface area contributed by atoms with Crippen LogP contribution >= 0.6 is 0 Å². The van der Waals surface area contributed by atoms with E-state index in [-0.39, 0.29) is 5.54 Å². The Hall–Kier alpha value is -1.90. The lowest BCUT2D eigenvalue weighted by Crippen LogP contribution is -2.42. The SMILES string of the molecule is c1ccc(C2(Nc3cccnn3)CCC2)cc1. The van der Waals surface area contributed by atoms with Crippen molar-refractivity contribution >= 4 is 5.82 Å². The van der Waals surface area contributed by atoms with Gasteiger partial charge in [-0.1, -0.05) is 30.3 Å². The second kappa shape index (κ2) is 4.17. The molecule has 0 radical (unpaired) electrons. The molecule has 1 heterocycles. The third kappa shape index (κ3) is 1.88. The second-order valence-corrected chi connectivity index (χ2v) is 4.54. The number of hydrogen-bond donors (Lipinski definition) is 1. The van der Waals surface area contributed by atoms with Crippen molar-refractivity contribution in [1.82, 2.24) is 10.2 Å². The van der Waals surface area contributed by atoms with Crippen molar-refractivity contribution < 1.29 is 0 Å². The van der Waals surface area contributed by atoms with Gasteiger partial charge in [0, 0.05) is 6.20 Å². The zero-order valence-corrected chi connectivity index (χ0v) is 9.63. The van der Waals surface area contributed by atoms with Crippen LogP contribution in [0, 0.1) is 0 Å². The number of nitrogens with one attached hydrogen (secondary N) is 1. The molecule has 0 spiro atoms. The van der Waals surface area contributed by atoms with Gasteiger partial charge in [-0.05, 0) is 37.0 Å². The lowest BCUT2D eigenvalue weighted by molar-refractivity contribution is 0.283. The molecular weight excluding hydrogens is 210 g/mol. The average Bonchev–Trinajstić information content (AvgIpc) is 2.36. The molecule has 2 aromatic rings. The predicted molar refractivity (Wildman–Crippen MR) is 67.6 cm³/mol. The molecule has 1 N–H and O–H groups in total. The standard InChI is InChI=1S/C14H15N3/c1-2-6-12(7-3-1)14(9-5-10-14)16-13-8-4-11-15-17-13/h1-4,6-8,11H,5,9-10H2,(H,16,17). The van der Waals surface area contributed by atoms with Crippen molar-refractivity contribution in [3.8, 4) is 0 Å². The molecule has 0 bridgehead atoms. The third-order valence-corrected chi connectivity index (χ3v) is 3.47. The van der Waals surface area contributed by atoms with Crippen LogP contribution in [0.1, 0.15) is 24.8 Å². The number of rotatable bonds is 3. The first-order valence-corrected chi connectivity index (χ1v) is 6.00. The molecule has 3 heteroatoms. The van der Waals surface area contributed by atoms with Crippen LogP contribution < -0.4 is 5.32 Å². The lowest BCUT2D eigenvalue weighted by Gasteiger charge is -2.43. The van der Waals surface area contributed by atoms with Crippen molar-refractivity contribution in [3.05, 3.63) is 54.2 Å². The van der Waals surface area contributed by atoms with Crippen LogP contribution in [-0.4, -0.2) is 10.2 Å². The van der Waals surface area contributed by atoms with E-state index in [0.29, 0.717) is 0 Å². The summed E-state index contributed by atoms with van der Waals surface area (Å²) in [5.41, 5.74) is 1.41. The minimum absolute atomic E-state index is 0.0668. The molecule has 1 saturated carbocycles. The van der Waals surface area contributed by atoms with Crippen LogP contribution in [0.3, 0.4) is 0 Å². The van der Waals surface area contributed by atoms with E-state index >= 15 is 0 Å². The van der Waals surface area contributed by atoms with E-state index in [1.54, 1.807) is 6.20 Å². The van der Waals surface area contributed by atoms with Crippen LogP contribution in [0.5, 0.6) is 0 Å². The monoisotopic (exact) mass is 225 g/mol. The number of benzene rings is 1. The highest BCUT2D eigenvalue weighted by Crippen LogP contribution is 2.43. The summed E-state index contributed by atoms with van der Waals surface area (Å²) in [6.45, 7) is 0. The molecule has 1 aliphatic rings. The smallest absolute Gasteiger partial charge is 0.149 e. The fraction of sp³-hybridized carbons (Fsp3) is 0.286. The van der Waals surface area contributed by atoms with E-state index in [0.717, 1.165) is 18.7 Å². The summed E-state index contributed by atoms with van der Waals surface area (Å²) >= 11 is 0. The Morgan fingerprint density at radius 3 is 2.41 bits per heavy atom. The summed E-state index contributed by atoms with van der Waals surface area (Å²) in [7, 11) is 0. The van der Waals surface area contributed by atoms with E-state index in [1.165, 1.54) is 12.0 Å². The zero-order chi connectivity index (χ0) is 11.6. The average molecular weight is 225 g/mol. The van der Waals surface area contributed by atoms with Gasteiger partial charge in [-0.25, -0.2) is 0 Å². The highest BCUT2D eigenvalue weighted by molar-refractivity contribution is 5.42. The molecule has 0 atom stereocenters. The maximum absolute atomic E-state index is 4.11. The topological polar surface area (TPSA) is 37.8 Å². The zero-order valence-electron chi connectivity index (χ0n) is 9.63. The van der Waals surface area contributed by atoms with E-state index in [1.807, 2.05) is 12.1 Å². The molecular formula is C14H15N3. The molecule has 3 rings (SSSR count). The van der Waals surface area contributed by atoms with Gasteiger partial charge in [0.1, 0.15) is 5.82 Å². The van der Waals surface area contributed by atoms with Crippen LogP contribution in [0.15, 0.2) is 48.7 Å². The molecule has 1 aromatic heterocycles. The fourth-order valence-corrected chi connectivity index (χ4v) is 2.39. The maximum atomic E-state index is 4.11. The molecule has 3 nitrogen and oxygen atoms in total. The molecule has 0 unspecified atom stereocenters. The molecule has 0 saturated heterocycles. The van der Waals surface area contributed by atoms with Gasteiger partial charge in [-0.2, -0.15) is 5.10 Å². The summed E-state index contributed by atoms with van der Waals surface area (Å²) in [6, 6.07) is 14.5. The van der Waals surface area contributed by atoms with Crippen LogP contribution in [-0.2, 0) is 5.54 Å². The first kappa shape index (κ1) is 10.3. The molecule has 0 aliphatic heterocycles.